The van der Waals surface area contributed by atoms with E-state index in [0.29, 0.717) is 15.5 Å². The molecule has 3 rings (SSSR count). The molecule has 8 nitrogen and oxygen atoms in total. The van der Waals surface area contributed by atoms with E-state index in [9.17, 15) is 14.4 Å². The number of halogens is 1. The van der Waals surface area contributed by atoms with Crippen molar-refractivity contribution in [2.45, 2.75) is 6.92 Å². The maximum absolute atomic E-state index is 12.4. The Morgan fingerprint density at radius 3 is 2.58 bits per heavy atom. The number of hydrogen-bond acceptors (Lipinski definition) is 4. The average Bonchev–Trinajstić information content (AvgIpc) is 2.99. The Bertz CT molecular complexity index is 1010. The molecule has 4 N–H and O–H groups in total. The van der Waals surface area contributed by atoms with Crippen LogP contribution in [0.2, 0.25) is 0 Å². The van der Waals surface area contributed by atoms with Crippen molar-refractivity contribution in [3.05, 3.63) is 62.2 Å². The summed E-state index contributed by atoms with van der Waals surface area (Å²) in [7, 11) is 0. The van der Waals surface area contributed by atoms with Crippen molar-refractivity contribution in [1.82, 2.24) is 25.8 Å². The number of carbonyl (C=O) groups is 2. The van der Waals surface area contributed by atoms with Crippen LogP contribution in [0.15, 0.2) is 39.9 Å². The van der Waals surface area contributed by atoms with E-state index in [1.807, 2.05) is 0 Å². The van der Waals surface area contributed by atoms with E-state index in [2.05, 4.69) is 41.7 Å². The molecule has 0 spiro atoms. The Balaban J connectivity index is 1.79. The maximum Gasteiger partial charge on any atom is 0.286 e. The molecule has 3 heterocycles. The Kier molecular flexibility index (Phi) is 4.17. The Morgan fingerprint density at radius 1 is 1.12 bits per heavy atom. The first-order valence-corrected chi connectivity index (χ1v) is 7.68. The SMILES string of the molecule is Cc1ccc2c(=O)c(C(=O)NNC(=O)c3cc(Br)c[nH]3)c[nH]c2n1. The normalized spacial score (nSPS) is 10.6. The number of nitrogens with one attached hydrogen (secondary N) is 4. The number of nitrogens with zero attached hydrogens (tertiary/aromatic N) is 1. The molecular formula is C15H12BrN5O3. The molecule has 2 amide bonds. The number of pyridine rings is 2. The number of aromatic nitrogens is 3. The zero-order chi connectivity index (χ0) is 17.3. The first-order valence-electron chi connectivity index (χ1n) is 6.89. The van der Waals surface area contributed by atoms with E-state index in [-0.39, 0.29) is 11.3 Å². The number of hydrazine groups is 1. The summed E-state index contributed by atoms with van der Waals surface area (Å²) in [5, 5.41) is 0.299. The summed E-state index contributed by atoms with van der Waals surface area (Å²) < 4.78 is 0.702. The van der Waals surface area contributed by atoms with Gasteiger partial charge in [0.2, 0.25) is 5.43 Å². The predicted molar refractivity (Wildman–Crippen MR) is 90.5 cm³/mol. The molecule has 0 saturated heterocycles. The summed E-state index contributed by atoms with van der Waals surface area (Å²) in [6.45, 7) is 1.80. The molecule has 0 saturated carbocycles. The van der Waals surface area contributed by atoms with Crippen molar-refractivity contribution in [2.75, 3.05) is 0 Å². The molecule has 0 aliphatic rings. The van der Waals surface area contributed by atoms with Gasteiger partial charge in [0.25, 0.3) is 11.8 Å². The van der Waals surface area contributed by atoms with Crippen LogP contribution in [0.1, 0.15) is 26.5 Å². The van der Waals surface area contributed by atoms with Crippen LogP contribution in [-0.4, -0.2) is 26.8 Å². The number of amides is 2. The number of fused-ring (bicyclic) bond motifs is 1. The molecule has 0 atom stereocenters. The third-order valence-corrected chi connectivity index (χ3v) is 3.76. The van der Waals surface area contributed by atoms with Crippen molar-refractivity contribution < 1.29 is 9.59 Å². The summed E-state index contributed by atoms with van der Waals surface area (Å²) in [4.78, 5) is 46.1. The van der Waals surface area contributed by atoms with Crippen LogP contribution in [0.4, 0.5) is 0 Å². The lowest BCUT2D eigenvalue weighted by molar-refractivity contribution is 0.0843. The second kappa shape index (κ2) is 6.28. The van der Waals surface area contributed by atoms with Crippen LogP contribution in [0.5, 0.6) is 0 Å². The third-order valence-electron chi connectivity index (χ3n) is 3.30. The van der Waals surface area contributed by atoms with Crippen molar-refractivity contribution in [1.29, 1.82) is 0 Å². The van der Waals surface area contributed by atoms with Crippen LogP contribution in [0, 0.1) is 6.92 Å². The molecule has 24 heavy (non-hydrogen) atoms. The van der Waals surface area contributed by atoms with Gasteiger partial charge >= 0.3 is 0 Å². The van der Waals surface area contributed by atoms with E-state index in [4.69, 9.17) is 0 Å². The highest BCUT2D eigenvalue weighted by Gasteiger charge is 2.15. The maximum atomic E-state index is 12.4. The molecule has 0 unspecified atom stereocenters. The Labute approximate surface area is 143 Å². The molecule has 0 aliphatic heterocycles. The highest BCUT2D eigenvalue weighted by Crippen LogP contribution is 2.10. The van der Waals surface area contributed by atoms with Crippen LogP contribution in [0.3, 0.4) is 0 Å². The van der Waals surface area contributed by atoms with Gasteiger partial charge in [0.1, 0.15) is 16.9 Å². The minimum Gasteiger partial charge on any atom is -0.356 e. The van der Waals surface area contributed by atoms with Gasteiger partial charge in [-0.25, -0.2) is 4.98 Å². The van der Waals surface area contributed by atoms with Crippen molar-refractivity contribution in [2.24, 2.45) is 0 Å². The molecule has 3 aromatic heterocycles. The lowest BCUT2D eigenvalue weighted by atomic mass is 10.2. The molecule has 122 valence electrons. The van der Waals surface area contributed by atoms with Gasteiger partial charge in [-0.15, -0.1) is 0 Å². The lowest BCUT2D eigenvalue weighted by Gasteiger charge is -2.07. The van der Waals surface area contributed by atoms with Gasteiger partial charge in [0, 0.05) is 22.6 Å². The van der Waals surface area contributed by atoms with E-state index >= 15 is 0 Å². The van der Waals surface area contributed by atoms with Gasteiger partial charge < -0.3 is 9.97 Å². The topological polar surface area (TPSA) is 120 Å². The van der Waals surface area contributed by atoms with Crippen molar-refractivity contribution in [3.63, 3.8) is 0 Å². The molecule has 0 fully saturated rings. The fourth-order valence-corrected chi connectivity index (χ4v) is 2.46. The molecule has 0 radical (unpaired) electrons. The molecule has 0 bridgehead atoms. The first-order chi connectivity index (χ1) is 11.5. The summed E-state index contributed by atoms with van der Waals surface area (Å²) in [6.07, 6.45) is 2.85. The van der Waals surface area contributed by atoms with Gasteiger partial charge in [-0.05, 0) is 41.1 Å². The monoisotopic (exact) mass is 389 g/mol. The van der Waals surface area contributed by atoms with Gasteiger partial charge in [0.15, 0.2) is 0 Å². The molecular weight excluding hydrogens is 378 g/mol. The van der Waals surface area contributed by atoms with E-state index in [1.165, 1.54) is 6.20 Å². The highest BCUT2D eigenvalue weighted by molar-refractivity contribution is 9.10. The summed E-state index contributed by atoms with van der Waals surface area (Å²) in [5.41, 5.74) is 5.26. The minimum atomic E-state index is -0.724. The van der Waals surface area contributed by atoms with Crippen molar-refractivity contribution in [3.8, 4) is 0 Å². The molecule has 9 heteroatoms. The Morgan fingerprint density at radius 2 is 1.88 bits per heavy atom. The van der Waals surface area contributed by atoms with Gasteiger partial charge in [-0.2, -0.15) is 0 Å². The molecule has 0 aliphatic carbocycles. The van der Waals surface area contributed by atoms with E-state index in [0.717, 1.165) is 5.69 Å². The van der Waals surface area contributed by atoms with Crippen LogP contribution in [-0.2, 0) is 0 Å². The quantitative estimate of drug-likeness (QED) is 0.495. The summed E-state index contributed by atoms with van der Waals surface area (Å²) in [5.74, 6) is -1.26. The Hall–Kier alpha value is -2.94. The zero-order valence-corrected chi connectivity index (χ0v) is 14.0. The van der Waals surface area contributed by atoms with Crippen LogP contribution < -0.4 is 16.3 Å². The number of hydrogen-bond donors (Lipinski definition) is 4. The van der Waals surface area contributed by atoms with Gasteiger partial charge in [-0.3, -0.25) is 25.2 Å². The summed E-state index contributed by atoms with van der Waals surface area (Å²) >= 11 is 3.20. The molecule has 3 aromatic rings. The second-order valence-corrected chi connectivity index (χ2v) is 5.94. The van der Waals surface area contributed by atoms with Gasteiger partial charge in [-0.1, -0.05) is 0 Å². The standard InChI is InChI=1S/C15H12BrN5O3/c1-7-2-3-9-12(22)10(6-18-13(9)19-7)14(23)20-21-15(24)11-4-8(16)5-17-11/h2-6,17H,1H3,(H,20,23)(H,21,24)(H,18,19,22). The van der Waals surface area contributed by atoms with Crippen LogP contribution in [0.25, 0.3) is 11.0 Å². The fourth-order valence-electron chi connectivity index (χ4n) is 2.12. The second-order valence-electron chi connectivity index (χ2n) is 5.02. The highest BCUT2D eigenvalue weighted by atomic mass is 79.9. The van der Waals surface area contributed by atoms with Gasteiger partial charge in [0.05, 0.1) is 5.39 Å². The van der Waals surface area contributed by atoms with E-state index < -0.39 is 17.2 Å². The molecule has 0 aromatic carbocycles. The third kappa shape index (κ3) is 3.06. The lowest BCUT2D eigenvalue weighted by Crippen LogP contribution is -2.43. The fraction of sp³-hybridized carbons (Fsp3) is 0.0667. The van der Waals surface area contributed by atoms with Crippen molar-refractivity contribution >= 4 is 38.8 Å². The number of carbonyl (C=O) groups excluding carboxylic acids is 2. The smallest absolute Gasteiger partial charge is 0.286 e. The number of H-pyrrole nitrogens is 2. The first kappa shape index (κ1) is 15.9. The number of aromatic amines is 2. The number of rotatable bonds is 2. The van der Waals surface area contributed by atoms with E-state index in [1.54, 1.807) is 31.3 Å². The minimum absolute atomic E-state index is 0.124. The largest absolute Gasteiger partial charge is 0.356 e. The van der Waals surface area contributed by atoms with Crippen LogP contribution >= 0.6 is 15.9 Å². The zero-order valence-electron chi connectivity index (χ0n) is 12.4. The summed E-state index contributed by atoms with van der Waals surface area (Å²) in [6, 6.07) is 4.84. The predicted octanol–water partition coefficient (Wildman–Crippen LogP) is 1.40. The average molecular weight is 390 g/mol. The number of aryl methyl sites for hydroxylation is 1.